The molecule has 0 radical (unpaired) electrons. The molecule has 154 valence electrons. The molecule has 0 saturated carbocycles. The van der Waals surface area contributed by atoms with Crippen LogP contribution in [0.4, 0.5) is 25.2 Å². The minimum absolute atomic E-state index is 0.295. The van der Waals surface area contributed by atoms with Crippen molar-refractivity contribution in [2.75, 3.05) is 6.16 Å². The van der Waals surface area contributed by atoms with Crippen molar-refractivity contribution < 1.29 is 29.7 Å². The van der Waals surface area contributed by atoms with Gasteiger partial charge in [0.1, 0.15) is 12.4 Å². The van der Waals surface area contributed by atoms with E-state index in [-0.39, 0.29) is 7.92 Å². The van der Waals surface area contributed by atoms with Gasteiger partial charge in [-0.1, -0.05) is 60.7 Å². The maximum absolute atomic E-state index is 10.7. The van der Waals surface area contributed by atoms with Crippen LogP contribution in [0.25, 0.3) is 0 Å². The molecule has 1 heterocycles. The summed E-state index contributed by atoms with van der Waals surface area (Å²) in [7, 11) is -8.89. The zero-order chi connectivity index (χ0) is 20.9. The third-order valence-corrected chi connectivity index (χ3v) is 6.03. The second-order valence-corrected chi connectivity index (χ2v) is 10.4. The SMILES string of the molecule is C[n+]1ccn(CCP(c2ccccc2)c2ccccc2)c1.F[P-](F)(F)(F)(F)F. The van der Waals surface area contributed by atoms with E-state index in [2.05, 4.69) is 95.6 Å². The molecule has 0 aliphatic carbocycles. The monoisotopic (exact) mass is 440 g/mol. The average molecular weight is 440 g/mol. The number of hydrogen-bond donors (Lipinski definition) is 0. The average Bonchev–Trinajstić information content (AvgIpc) is 3.00. The number of aromatic nitrogens is 2. The van der Waals surface area contributed by atoms with Crippen LogP contribution in [0.1, 0.15) is 0 Å². The van der Waals surface area contributed by atoms with Crippen LogP contribution in [0.3, 0.4) is 0 Å². The Balaban J connectivity index is 0.000000345. The van der Waals surface area contributed by atoms with Crippen molar-refractivity contribution in [1.29, 1.82) is 0 Å². The minimum atomic E-state index is -10.7. The van der Waals surface area contributed by atoms with Crippen LogP contribution in [0.15, 0.2) is 79.4 Å². The van der Waals surface area contributed by atoms with Gasteiger partial charge in [0.25, 0.3) is 0 Å². The van der Waals surface area contributed by atoms with E-state index in [1.807, 2.05) is 0 Å². The standard InChI is InChI=1S/C18H20N2P.F6P/c1-19-12-13-20(16-19)14-15-21(17-8-4-2-5-9-17)18-10-6-3-7-11-18;1-7(2,3,4,5)6/h2-13,16H,14-15H2,1H3;/q+1;-1. The summed E-state index contributed by atoms with van der Waals surface area (Å²) in [5, 5.41) is 2.91. The van der Waals surface area contributed by atoms with E-state index in [0.29, 0.717) is 0 Å². The molecule has 2 aromatic carbocycles. The molecule has 3 rings (SSSR count). The first-order valence-corrected chi connectivity index (χ1v) is 11.8. The fourth-order valence-electron chi connectivity index (χ4n) is 2.47. The molecule has 0 atom stereocenters. The molecule has 2 nitrogen and oxygen atoms in total. The Morgan fingerprint density at radius 1 is 0.821 bits per heavy atom. The summed E-state index contributed by atoms with van der Waals surface area (Å²) in [5.41, 5.74) is 0. The summed E-state index contributed by atoms with van der Waals surface area (Å²) >= 11 is 0. The zero-order valence-electron chi connectivity index (χ0n) is 15.0. The Labute approximate surface area is 160 Å². The molecule has 0 spiro atoms. The number of halogens is 6. The van der Waals surface area contributed by atoms with E-state index >= 15 is 0 Å². The Morgan fingerprint density at radius 2 is 1.25 bits per heavy atom. The van der Waals surface area contributed by atoms with Gasteiger partial charge in [-0.05, 0) is 18.5 Å². The van der Waals surface area contributed by atoms with Crippen molar-refractivity contribution in [2.45, 2.75) is 6.54 Å². The van der Waals surface area contributed by atoms with E-state index in [9.17, 15) is 25.2 Å². The molecule has 0 unspecified atom stereocenters. The van der Waals surface area contributed by atoms with Crippen LogP contribution in [0, 0.1) is 0 Å². The third kappa shape index (κ3) is 9.86. The van der Waals surface area contributed by atoms with Gasteiger partial charge in [0.15, 0.2) is 0 Å². The predicted molar refractivity (Wildman–Crippen MR) is 103 cm³/mol. The summed E-state index contributed by atoms with van der Waals surface area (Å²) in [6.45, 7) is 1.05. The molecular weight excluding hydrogens is 420 g/mol. The molecule has 0 aliphatic heterocycles. The van der Waals surface area contributed by atoms with Gasteiger partial charge in [-0.25, -0.2) is 9.13 Å². The summed E-state index contributed by atoms with van der Waals surface area (Å²) in [5.74, 6) is 0. The van der Waals surface area contributed by atoms with E-state index in [4.69, 9.17) is 0 Å². The van der Waals surface area contributed by atoms with E-state index in [1.165, 1.54) is 10.6 Å². The Morgan fingerprint density at radius 3 is 1.61 bits per heavy atom. The Bertz CT molecular complexity index is 830. The zero-order valence-corrected chi connectivity index (χ0v) is 16.8. The number of hydrogen-bond acceptors (Lipinski definition) is 0. The van der Waals surface area contributed by atoms with Crippen molar-refractivity contribution in [3.05, 3.63) is 79.4 Å². The second-order valence-electron chi connectivity index (χ2n) is 6.10. The first kappa shape index (κ1) is 22.4. The van der Waals surface area contributed by atoms with Gasteiger partial charge in [0.05, 0.1) is 13.6 Å². The summed E-state index contributed by atoms with van der Waals surface area (Å²) in [4.78, 5) is 0. The normalized spacial score (nSPS) is 14.0. The molecule has 0 amide bonds. The van der Waals surface area contributed by atoms with Gasteiger partial charge in [-0.3, -0.25) is 0 Å². The third-order valence-electron chi connectivity index (χ3n) is 3.54. The summed E-state index contributed by atoms with van der Waals surface area (Å²) in [6.07, 6.45) is 7.54. The molecule has 0 bridgehead atoms. The molecule has 0 fully saturated rings. The topological polar surface area (TPSA) is 8.81 Å². The molecule has 0 aliphatic rings. The van der Waals surface area contributed by atoms with Crippen LogP contribution in [-0.2, 0) is 13.6 Å². The number of benzene rings is 2. The van der Waals surface area contributed by atoms with Crippen molar-refractivity contribution >= 4 is 26.3 Å². The van der Waals surface area contributed by atoms with Crippen LogP contribution in [0.5, 0.6) is 0 Å². The summed E-state index contributed by atoms with van der Waals surface area (Å²) in [6, 6.07) is 21.8. The fraction of sp³-hybridized carbons (Fsp3) is 0.167. The van der Waals surface area contributed by atoms with E-state index in [0.717, 1.165) is 12.7 Å². The first-order valence-electron chi connectivity index (χ1n) is 8.23. The van der Waals surface area contributed by atoms with Gasteiger partial charge >= 0.3 is 33.0 Å². The van der Waals surface area contributed by atoms with Crippen LogP contribution in [0.2, 0.25) is 0 Å². The number of aryl methyl sites for hydroxylation is 2. The molecule has 0 N–H and O–H groups in total. The van der Waals surface area contributed by atoms with Gasteiger partial charge in [0, 0.05) is 6.16 Å². The van der Waals surface area contributed by atoms with E-state index in [1.54, 1.807) is 0 Å². The van der Waals surface area contributed by atoms with Crippen LogP contribution >= 0.6 is 15.7 Å². The van der Waals surface area contributed by atoms with Crippen molar-refractivity contribution in [2.24, 2.45) is 7.05 Å². The first-order chi connectivity index (χ1) is 12.8. The van der Waals surface area contributed by atoms with Gasteiger partial charge in [-0.2, -0.15) is 0 Å². The van der Waals surface area contributed by atoms with Gasteiger partial charge in [-0.15, -0.1) is 0 Å². The maximum atomic E-state index is 9.87. The molecule has 10 heteroatoms. The molecule has 0 saturated heterocycles. The molecular formula is C18H20F6N2P2. The predicted octanol–water partition coefficient (Wildman–Crippen LogP) is 5.83. The number of nitrogens with zero attached hydrogens (tertiary/aromatic N) is 2. The van der Waals surface area contributed by atoms with Gasteiger partial charge < -0.3 is 0 Å². The number of imidazole rings is 1. The molecule has 3 aromatic rings. The van der Waals surface area contributed by atoms with Gasteiger partial charge in [0.2, 0.25) is 6.33 Å². The second kappa shape index (κ2) is 7.84. The van der Waals surface area contributed by atoms with Crippen LogP contribution in [-0.4, -0.2) is 10.7 Å². The Hall–Kier alpha value is -1.91. The quantitative estimate of drug-likeness (QED) is 0.268. The number of rotatable bonds is 5. The molecule has 28 heavy (non-hydrogen) atoms. The fourth-order valence-corrected chi connectivity index (χ4v) is 4.78. The van der Waals surface area contributed by atoms with Crippen molar-refractivity contribution in [1.82, 2.24) is 4.57 Å². The molecule has 1 aromatic heterocycles. The van der Waals surface area contributed by atoms with Crippen LogP contribution < -0.4 is 15.2 Å². The van der Waals surface area contributed by atoms with Crippen molar-refractivity contribution in [3.63, 3.8) is 0 Å². The Kier molecular flexibility index (Phi) is 6.27. The summed E-state index contributed by atoms with van der Waals surface area (Å²) < 4.78 is 63.6. The van der Waals surface area contributed by atoms with Crippen molar-refractivity contribution in [3.8, 4) is 0 Å². The van der Waals surface area contributed by atoms with E-state index < -0.39 is 7.81 Å².